The number of amides is 2. The maximum atomic E-state index is 12.1. The summed E-state index contributed by atoms with van der Waals surface area (Å²) in [6.45, 7) is 0.276. The number of nitrogens with two attached hydrogens (primary N) is 1. The van der Waals surface area contributed by atoms with Crippen LogP contribution in [0.1, 0.15) is 22.0 Å². The Balaban J connectivity index is 1.88. The number of hydrogen-bond acceptors (Lipinski definition) is 4. The average molecular weight is 376 g/mol. The maximum absolute atomic E-state index is 12.1. The first kappa shape index (κ1) is 19.8. The molecule has 1 atom stereocenters. The number of nitrogens with zero attached hydrogens (tertiary/aromatic N) is 1. The van der Waals surface area contributed by atoms with Crippen molar-refractivity contribution in [2.45, 2.75) is 6.04 Å². The molecule has 2 aromatic rings. The normalized spacial score (nSPS) is 11.8. The van der Waals surface area contributed by atoms with Crippen LogP contribution in [0.2, 0.25) is 5.02 Å². The van der Waals surface area contributed by atoms with Crippen LogP contribution in [0.15, 0.2) is 48.5 Å². The van der Waals surface area contributed by atoms with E-state index >= 15 is 0 Å². The summed E-state index contributed by atoms with van der Waals surface area (Å²) in [5.74, 6) is -0.271. The van der Waals surface area contributed by atoms with Gasteiger partial charge >= 0.3 is 0 Å². The molecule has 26 heavy (non-hydrogen) atoms. The van der Waals surface area contributed by atoms with Gasteiger partial charge in [0.15, 0.2) is 6.61 Å². The van der Waals surface area contributed by atoms with Crippen LogP contribution in [-0.2, 0) is 4.79 Å². The number of carbonyl (C=O) groups is 2. The van der Waals surface area contributed by atoms with E-state index in [4.69, 9.17) is 22.1 Å². The van der Waals surface area contributed by atoms with Gasteiger partial charge in [-0.25, -0.2) is 0 Å². The van der Waals surface area contributed by atoms with Crippen LogP contribution in [0, 0.1) is 0 Å². The number of ether oxygens (including phenoxy) is 1. The van der Waals surface area contributed by atoms with Gasteiger partial charge in [0.1, 0.15) is 5.75 Å². The van der Waals surface area contributed by atoms with Gasteiger partial charge in [-0.05, 0) is 50.0 Å². The molecule has 0 aromatic heterocycles. The van der Waals surface area contributed by atoms with E-state index in [0.717, 1.165) is 5.56 Å². The minimum Gasteiger partial charge on any atom is -0.484 e. The molecule has 6 nitrogen and oxygen atoms in total. The van der Waals surface area contributed by atoms with Gasteiger partial charge in [0.2, 0.25) is 5.91 Å². The Morgan fingerprint density at radius 1 is 1.15 bits per heavy atom. The highest BCUT2D eigenvalue weighted by Crippen LogP contribution is 2.25. The molecule has 2 aromatic carbocycles. The Kier molecular flexibility index (Phi) is 7.00. The first-order valence-electron chi connectivity index (χ1n) is 8.08. The zero-order valence-electron chi connectivity index (χ0n) is 14.7. The lowest BCUT2D eigenvalue weighted by Crippen LogP contribution is -2.37. The minimum atomic E-state index is -0.511. The Bertz CT molecular complexity index is 763. The molecule has 0 bridgehead atoms. The van der Waals surface area contributed by atoms with Crippen molar-refractivity contribution >= 4 is 23.4 Å². The quantitative estimate of drug-likeness (QED) is 0.741. The van der Waals surface area contributed by atoms with E-state index in [1.165, 1.54) is 0 Å². The van der Waals surface area contributed by atoms with Gasteiger partial charge in [-0.1, -0.05) is 29.8 Å². The smallest absolute Gasteiger partial charge is 0.258 e. The summed E-state index contributed by atoms with van der Waals surface area (Å²) in [5.41, 5.74) is 6.51. The molecule has 0 spiro atoms. The van der Waals surface area contributed by atoms with E-state index < -0.39 is 5.91 Å². The molecule has 0 radical (unpaired) electrons. The average Bonchev–Trinajstić information content (AvgIpc) is 2.61. The molecule has 2 amide bonds. The zero-order chi connectivity index (χ0) is 19.1. The Morgan fingerprint density at radius 3 is 2.38 bits per heavy atom. The fraction of sp³-hybridized carbons (Fsp3) is 0.263. The number of rotatable bonds is 8. The number of halogens is 1. The molecule has 0 aliphatic carbocycles. The molecule has 2 rings (SSSR count). The van der Waals surface area contributed by atoms with Crippen molar-refractivity contribution in [2.75, 3.05) is 27.2 Å². The fourth-order valence-corrected chi connectivity index (χ4v) is 2.70. The third-order valence-corrected chi connectivity index (χ3v) is 4.23. The number of likely N-dealkylation sites (N-methyl/N-ethyl adjacent to an activating group) is 1. The number of hydrogen-bond donors (Lipinski definition) is 2. The van der Waals surface area contributed by atoms with Crippen molar-refractivity contribution in [3.8, 4) is 5.75 Å². The number of benzene rings is 2. The molecule has 0 saturated carbocycles. The zero-order valence-corrected chi connectivity index (χ0v) is 15.5. The summed E-state index contributed by atoms with van der Waals surface area (Å²) < 4.78 is 5.42. The highest BCUT2D eigenvalue weighted by atomic mass is 35.5. The number of carbonyl (C=O) groups excluding carboxylic acids is 2. The van der Waals surface area contributed by atoms with Crippen LogP contribution in [0.5, 0.6) is 5.75 Å². The summed E-state index contributed by atoms with van der Waals surface area (Å²) in [7, 11) is 3.86. The van der Waals surface area contributed by atoms with E-state index in [0.29, 0.717) is 22.9 Å². The van der Waals surface area contributed by atoms with E-state index in [1.807, 2.05) is 43.3 Å². The maximum Gasteiger partial charge on any atom is 0.258 e. The summed E-state index contributed by atoms with van der Waals surface area (Å²) >= 11 is 6.26. The lowest BCUT2D eigenvalue weighted by atomic mass is 10.1. The standard InChI is InChI=1S/C19H22ClN3O3/c1-23(2)17(15-5-3-4-6-16(15)20)11-22-18(24)12-26-14-9-7-13(8-10-14)19(21)25/h3-10,17H,11-12H2,1-2H3,(H2,21,25)(H,22,24). The van der Waals surface area contributed by atoms with Gasteiger partial charge < -0.3 is 20.7 Å². The largest absolute Gasteiger partial charge is 0.484 e. The fourth-order valence-electron chi connectivity index (χ4n) is 2.44. The second-order valence-corrected chi connectivity index (χ2v) is 6.39. The molecule has 0 aliphatic rings. The summed E-state index contributed by atoms with van der Waals surface area (Å²) in [6.07, 6.45) is 0. The lowest BCUT2D eigenvalue weighted by molar-refractivity contribution is -0.123. The van der Waals surface area contributed by atoms with Crippen LogP contribution in [-0.4, -0.2) is 44.0 Å². The van der Waals surface area contributed by atoms with Gasteiger partial charge in [-0.15, -0.1) is 0 Å². The van der Waals surface area contributed by atoms with Gasteiger partial charge in [-0.2, -0.15) is 0 Å². The SMILES string of the molecule is CN(C)C(CNC(=O)COc1ccc(C(N)=O)cc1)c1ccccc1Cl. The first-order valence-corrected chi connectivity index (χ1v) is 8.46. The predicted octanol–water partition coefficient (Wildman–Crippen LogP) is 2.24. The van der Waals surface area contributed by atoms with E-state index in [1.54, 1.807) is 24.3 Å². The molecule has 7 heteroatoms. The van der Waals surface area contributed by atoms with Crippen molar-refractivity contribution < 1.29 is 14.3 Å². The van der Waals surface area contributed by atoms with Gasteiger partial charge in [-0.3, -0.25) is 9.59 Å². The van der Waals surface area contributed by atoms with Crippen molar-refractivity contribution in [1.82, 2.24) is 10.2 Å². The Morgan fingerprint density at radius 2 is 1.81 bits per heavy atom. The van der Waals surface area contributed by atoms with Crippen LogP contribution in [0.3, 0.4) is 0 Å². The van der Waals surface area contributed by atoms with Crippen LogP contribution < -0.4 is 15.8 Å². The summed E-state index contributed by atoms with van der Waals surface area (Å²) in [6, 6.07) is 13.8. The highest BCUT2D eigenvalue weighted by molar-refractivity contribution is 6.31. The van der Waals surface area contributed by atoms with Gasteiger partial charge in [0.05, 0.1) is 6.04 Å². The molecule has 138 valence electrons. The highest BCUT2D eigenvalue weighted by Gasteiger charge is 2.17. The molecule has 3 N–H and O–H groups in total. The second-order valence-electron chi connectivity index (χ2n) is 5.98. The van der Waals surface area contributed by atoms with E-state index in [2.05, 4.69) is 5.32 Å². The molecule has 0 fully saturated rings. The van der Waals surface area contributed by atoms with E-state index in [9.17, 15) is 9.59 Å². The van der Waals surface area contributed by atoms with Crippen LogP contribution >= 0.6 is 11.6 Å². The molecule has 0 saturated heterocycles. The Hall–Kier alpha value is -2.57. The molecule has 0 aliphatic heterocycles. The van der Waals surface area contributed by atoms with Crippen molar-refractivity contribution in [3.05, 3.63) is 64.7 Å². The van der Waals surface area contributed by atoms with Gasteiger partial charge in [0, 0.05) is 17.1 Å². The van der Waals surface area contributed by atoms with Crippen molar-refractivity contribution in [2.24, 2.45) is 5.73 Å². The monoisotopic (exact) mass is 375 g/mol. The molecule has 1 unspecified atom stereocenters. The molecular weight excluding hydrogens is 354 g/mol. The predicted molar refractivity (Wildman–Crippen MR) is 101 cm³/mol. The second kappa shape index (κ2) is 9.22. The number of primary amides is 1. The van der Waals surface area contributed by atoms with E-state index in [-0.39, 0.29) is 18.6 Å². The number of nitrogens with one attached hydrogen (secondary N) is 1. The molecule has 0 heterocycles. The Labute approximate surface area is 157 Å². The third kappa shape index (κ3) is 5.47. The van der Waals surface area contributed by atoms with Gasteiger partial charge in [0.25, 0.3) is 5.91 Å². The van der Waals surface area contributed by atoms with Crippen LogP contribution in [0.4, 0.5) is 0 Å². The van der Waals surface area contributed by atoms with Crippen LogP contribution in [0.25, 0.3) is 0 Å². The third-order valence-electron chi connectivity index (χ3n) is 3.89. The lowest BCUT2D eigenvalue weighted by Gasteiger charge is -2.26. The molecular formula is C19H22ClN3O3. The first-order chi connectivity index (χ1) is 12.4. The minimum absolute atomic E-state index is 0.0532. The topological polar surface area (TPSA) is 84.7 Å². The summed E-state index contributed by atoms with van der Waals surface area (Å²) in [5, 5.41) is 3.51. The van der Waals surface area contributed by atoms with Crippen molar-refractivity contribution in [3.63, 3.8) is 0 Å². The van der Waals surface area contributed by atoms with Crippen molar-refractivity contribution in [1.29, 1.82) is 0 Å². The summed E-state index contributed by atoms with van der Waals surface area (Å²) in [4.78, 5) is 25.1.